The van der Waals surface area contributed by atoms with Crippen molar-refractivity contribution < 1.29 is 9.13 Å². The molecular weight excluding hydrogens is 277 g/mol. The number of halogens is 1. The Hall–Kier alpha value is -2.13. The Morgan fingerprint density at radius 1 is 1.14 bits per heavy atom. The summed E-state index contributed by atoms with van der Waals surface area (Å²) in [4.78, 5) is 2.14. The Bertz CT molecular complexity index is 706. The van der Waals surface area contributed by atoms with Crippen molar-refractivity contribution in [1.29, 1.82) is 0 Å². The van der Waals surface area contributed by atoms with Crippen molar-refractivity contribution in [3.05, 3.63) is 71.0 Å². The standard InChI is InChI=1S/C19H20FNO/c1-21(2)11-5-7-16-17-6-3-4-8-19(17)22-13-14-9-10-15(20)12-18(14)16/h3-4,6-10,12H,5,11,13H2,1-2H3/b16-7-. The number of para-hydroxylation sites is 1. The lowest BCUT2D eigenvalue weighted by Crippen LogP contribution is -2.12. The molecule has 1 aliphatic rings. The minimum atomic E-state index is -0.211. The third-order valence-electron chi connectivity index (χ3n) is 3.85. The fourth-order valence-electron chi connectivity index (χ4n) is 2.73. The highest BCUT2D eigenvalue weighted by atomic mass is 19.1. The topological polar surface area (TPSA) is 12.5 Å². The van der Waals surface area contributed by atoms with Gasteiger partial charge in [0.2, 0.25) is 0 Å². The maximum atomic E-state index is 13.8. The summed E-state index contributed by atoms with van der Waals surface area (Å²) < 4.78 is 19.6. The number of nitrogens with zero attached hydrogens (tertiary/aromatic N) is 1. The number of rotatable bonds is 3. The summed E-state index contributed by atoms with van der Waals surface area (Å²) in [6.45, 7) is 1.43. The van der Waals surface area contributed by atoms with Gasteiger partial charge in [-0.05, 0) is 55.4 Å². The van der Waals surface area contributed by atoms with E-state index in [-0.39, 0.29) is 5.82 Å². The summed E-state index contributed by atoms with van der Waals surface area (Å²) >= 11 is 0. The van der Waals surface area contributed by atoms with Gasteiger partial charge in [0.25, 0.3) is 0 Å². The van der Waals surface area contributed by atoms with Crippen LogP contribution in [0.2, 0.25) is 0 Å². The third kappa shape index (κ3) is 3.04. The first kappa shape index (κ1) is 14.8. The van der Waals surface area contributed by atoms with Gasteiger partial charge in [-0.25, -0.2) is 4.39 Å². The molecule has 0 spiro atoms. The molecule has 0 radical (unpaired) electrons. The van der Waals surface area contributed by atoms with Crippen molar-refractivity contribution >= 4 is 5.57 Å². The fraction of sp³-hybridized carbons (Fsp3) is 0.263. The van der Waals surface area contributed by atoms with Crippen molar-refractivity contribution in [2.75, 3.05) is 20.6 Å². The van der Waals surface area contributed by atoms with Crippen LogP contribution in [0, 0.1) is 5.82 Å². The molecule has 0 saturated carbocycles. The molecule has 0 unspecified atom stereocenters. The highest BCUT2D eigenvalue weighted by Gasteiger charge is 2.19. The van der Waals surface area contributed by atoms with Crippen LogP contribution in [0.4, 0.5) is 4.39 Å². The second kappa shape index (κ2) is 6.32. The Kier molecular flexibility index (Phi) is 4.25. The lowest BCUT2D eigenvalue weighted by atomic mass is 9.93. The SMILES string of the molecule is CN(C)CC/C=C1\c2cc(F)ccc2COc2ccccc21. The number of hydrogen-bond donors (Lipinski definition) is 0. The fourth-order valence-corrected chi connectivity index (χ4v) is 2.73. The Labute approximate surface area is 130 Å². The molecule has 2 aromatic rings. The molecule has 3 rings (SSSR count). The first-order chi connectivity index (χ1) is 10.6. The molecule has 22 heavy (non-hydrogen) atoms. The van der Waals surface area contributed by atoms with E-state index in [4.69, 9.17) is 4.74 Å². The minimum Gasteiger partial charge on any atom is -0.488 e. The van der Waals surface area contributed by atoms with E-state index in [2.05, 4.69) is 25.1 Å². The molecule has 1 aliphatic heterocycles. The van der Waals surface area contributed by atoms with Crippen LogP contribution < -0.4 is 4.74 Å². The van der Waals surface area contributed by atoms with Gasteiger partial charge in [0.1, 0.15) is 18.2 Å². The monoisotopic (exact) mass is 297 g/mol. The molecule has 0 atom stereocenters. The summed E-state index contributed by atoms with van der Waals surface area (Å²) in [5, 5.41) is 0. The van der Waals surface area contributed by atoms with Gasteiger partial charge in [0.05, 0.1) is 0 Å². The molecule has 1 heterocycles. The van der Waals surface area contributed by atoms with E-state index in [9.17, 15) is 4.39 Å². The van der Waals surface area contributed by atoms with Crippen LogP contribution in [0.15, 0.2) is 48.5 Å². The van der Waals surface area contributed by atoms with E-state index in [1.807, 2.05) is 30.3 Å². The minimum absolute atomic E-state index is 0.211. The zero-order chi connectivity index (χ0) is 15.5. The predicted octanol–water partition coefficient (Wildman–Crippen LogP) is 4.10. The molecule has 0 aliphatic carbocycles. The van der Waals surface area contributed by atoms with Gasteiger partial charge in [-0.1, -0.05) is 30.3 Å². The van der Waals surface area contributed by atoms with E-state index < -0.39 is 0 Å². The van der Waals surface area contributed by atoms with Crippen LogP contribution in [0.3, 0.4) is 0 Å². The molecule has 0 saturated heterocycles. The number of ether oxygens (including phenoxy) is 1. The quantitative estimate of drug-likeness (QED) is 0.845. The van der Waals surface area contributed by atoms with Crippen LogP contribution >= 0.6 is 0 Å². The summed E-state index contributed by atoms with van der Waals surface area (Å²) in [7, 11) is 4.10. The Morgan fingerprint density at radius 2 is 1.95 bits per heavy atom. The van der Waals surface area contributed by atoms with Crippen molar-refractivity contribution in [2.45, 2.75) is 13.0 Å². The van der Waals surface area contributed by atoms with Gasteiger partial charge in [0, 0.05) is 12.1 Å². The van der Waals surface area contributed by atoms with Gasteiger partial charge in [-0.15, -0.1) is 0 Å². The molecule has 114 valence electrons. The molecule has 0 bridgehead atoms. The number of benzene rings is 2. The predicted molar refractivity (Wildman–Crippen MR) is 87.4 cm³/mol. The Balaban J connectivity index is 2.10. The Morgan fingerprint density at radius 3 is 2.77 bits per heavy atom. The molecule has 0 fully saturated rings. The number of hydrogen-bond acceptors (Lipinski definition) is 2. The molecular formula is C19H20FNO. The normalized spacial score (nSPS) is 15.2. The summed E-state index contributed by atoms with van der Waals surface area (Å²) in [6.07, 6.45) is 3.10. The van der Waals surface area contributed by atoms with Crippen LogP contribution in [-0.2, 0) is 6.61 Å². The third-order valence-corrected chi connectivity index (χ3v) is 3.85. The largest absolute Gasteiger partial charge is 0.488 e. The lowest BCUT2D eigenvalue weighted by Gasteiger charge is -2.12. The van der Waals surface area contributed by atoms with E-state index in [1.165, 1.54) is 6.07 Å². The van der Waals surface area contributed by atoms with Gasteiger partial charge < -0.3 is 9.64 Å². The molecule has 0 N–H and O–H groups in total. The van der Waals surface area contributed by atoms with E-state index in [1.54, 1.807) is 6.07 Å². The summed E-state index contributed by atoms with van der Waals surface area (Å²) in [6, 6.07) is 12.9. The zero-order valence-electron chi connectivity index (χ0n) is 13.0. The van der Waals surface area contributed by atoms with Crippen molar-refractivity contribution in [1.82, 2.24) is 4.90 Å². The lowest BCUT2D eigenvalue weighted by molar-refractivity contribution is 0.307. The summed E-state index contributed by atoms with van der Waals surface area (Å²) in [5.41, 5.74) is 4.05. The van der Waals surface area contributed by atoms with E-state index in [0.717, 1.165) is 41.0 Å². The van der Waals surface area contributed by atoms with Crippen LogP contribution in [0.25, 0.3) is 5.57 Å². The average molecular weight is 297 g/mol. The first-order valence-electron chi connectivity index (χ1n) is 7.51. The second-order valence-corrected chi connectivity index (χ2v) is 5.80. The smallest absolute Gasteiger partial charge is 0.127 e. The van der Waals surface area contributed by atoms with Gasteiger partial charge in [-0.2, -0.15) is 0 Å². The number of fused-ring (bicyclic) bond motifs is 2. The first-order valence-corrected chi connectivity index (χ1v) is 7.51. The van der Waals surface area contributed by atoms with E-state index in [0.29, 0.717) is 6.61 Å². The molecule has 0 aromatic heterocycles. The van der Waals surface area contributed by atoms with Gasteiger partial charge in [-0.3, -0.25) is 0 Å². The maximum Gasteiger partial charge on any atom is 0.127 e. The highest BCUT2D eigenvalue weighted by molar-refractivity contribution is 5.84. The average Bonchev–Trinajstić information content (AvgIpc) is 2.65. The van der Waals surface area contributed by atoms with Crippen molar-refractivity contribution in [3.63, 3.8) is 0 Å². The molecule has 3 heteroatoms. The summed E-state index contributed by atoms with van der Waals surface area (Å²) in [5.74, 6) is 0.645. The van der Waals surface area contributed by atoms with Crippen molar-refractivity contribution in [2.24, 2.45) is 0 Å². The van der Waals surface area contributed by atoms with Gasteiger partial charge >= 0.3 is 0 Å². The second-order valence-electron chi connectivity index (χ2n) is 5.80. The molecule has 2 aromatic carbocycles. The van der Waals surface area contributed by atoms with Crippen LogP contribution in [0.1, 0.15) is 23.1 Å². The maximum absolute atomic E-state index is 13.8. The van der Waals surface area contributed by atoms with Crippen LogP contribution in [0.5, 0.6) is 5.75 Å². The highest BCUT2D eigenvalue weighted by Crippen LogP contribution is 2.37. The van der Waals surface area contributed by atoms with Crippen molar-refractivity contribution in [3.8, 4) is 5.75 Å². The van der Waals surface area contributed by atoms with Crippen LogP contribution in [-0.4, -0.2) is 25.5 Å². The molecule has 2 nitrogen and oxygen atoms in total. The van der Waals surface area contributed by atoms with E-state index >= 15 is 0 Å². The molecule has 0 amide bonds. The van der Waals surface area contributed by atoms with Gasteiger partial charge in [0.15, 0.2) is 0 Å². The zero-order valence-corrected chi connectivity index (χ0v) is 13.0.